The third kappa shape index (κ3) is 4.37. The highest BCUT2D eigenvalue weighted by atomic mass is 35.5. The van der Waals surface area contributed by atoms with Crippen LogP contribution in [0.1, 0.15) is 11.1 Å². The van der Waals surface area contributed by atoms with Gasteiger partial charge in [0, 0.05) is 18.1 Å². The minimum Gasteiger partial charge on any atom is -0.480 e. The van der Waals surface area contributed by atoms with Crippen molar-refractivity contribution in [3.63, 3.8) is 0 Å². The third-order valence-electron chi connectivity index (χ3n) is 3.09. The van der Waals surface area contributed by atoms with E-state index in [1.165, 1.54) is 0 Å². The van der Waals surface area contributed by atoms with Crippen LogP contribution in [0.5, 0.6) is 0 Å². The first kappa shape index (κ1) is 16.8. The molecule has 0 bridgehead atoms. The number of carboxylic acid groups (broad SMARTS) is 1. The molecule has 0 aliphatic carbocycles. The number of benzene rings is 1. The van der Waals surface area contributed by atoms with E-state index in [0.29, 0.717) is 6.54 Å². The van der Waals surface area contributed by atoms with Gasteiger partial charge in [0.1, 0.15) is 6.54 Å². The predicted octanol–water partition coefficient (Wildman–Crippen LogP) is 1.32. The summed E-state index contributed by atoms with van der Waals surface area (Å²) >= 11 is 6.12. The van der Waals surface area contributed by atoms with Crippen molar-refractivity contribution in [1.29, 1.82) is 0 Å². The molecule has 0 saturated carbocycles. The maximum Gasteiger partial charge on any atom is 0.322 e. The Bertz CT molecular complexity index is 508. The molecule has 0 aromatic heterocycles. The van der Waals surface area contributed by atoms with E-state index < -0.39 is 5.97 Å². The topological polar surface area (TPSA) is 69.6 Å². The fourth-order valence-corrected chi connectivity index (χ4v) is 2.48. The van der Waals surface area contributed by atoms with E-state index in [9.17, 15) is 9.59 Å². The Labute approximate surface area is 128 Å². The van der Waals surface area contributed by atoms with Crippen LogP contribution in [0.2, 0.25) is 5.02 Å². The van der Waals surface area contributed by atoms with Crippen LogP contribution in [0.4, 0.5) is 0 Å². The van der Waals surface area contributed by atoms with Gasteiger partial charge < -0.3 is 10.4 Å². The molecule has 0 saturated heterocycles. The fraction of sp³-hybridized carbons (Fsp3) is 0.385. The summed E-state index contributed by atoms with van der Waals surface area (Å²) in [6, 6.07) is 5.77. The molecule has 2 N–H and O–H groups in total. The number of carbonyl (C=O) groups is 2. The molecule has 20 heavy (non-hydrogen) atoms. The van der Waals surface area contributed by atoms with Crippen LogP contribution in [-0.2, 0) is 22.6 Å². The maximum absolute atomic E-state index is 11.6. The Morgan fingerprint density at radius 2 is 2.15 bits per heavy atom. The molecule has 5 nitrogen and oxygen atoms in total. The van der Waals surface area contributed by atoms with Gasteiger partial charge in [0.05, 0.1) is 6.54 Å². The zero-order chi connectivity index (χ0) is 13.8. The van der Waals surface area contributed by atoms with Crippen LogP contribution in [0.25, 0.3) is 0 Å². The molecule has 0 atom stereocenters. The van der Waals surface area contributed by atoms with Crippen LogP contribution < -0.4 is 5.32 Å². The number of carbonyl (C=O) groups excluding carboxylic acids is 1. The van der Waals surface area contributed by atoms with Crippen LogP contribution in [0.3, 0.4) is 0 Å². The summed E-state index contributed by atoms with van der Waals surface area (Å²) in [6.07, 6.45) is 0.807. The van der Waals surface area contributed by atoms with E-state index in [1.807, 2.05) is 23.1 Å². The lowest BCUT2D eigenvalue weighted by Crippen LogP contribution is -2.41. The Morgan fingerprint density at radius 1 is 1.40 bits per heavy atom. The molecule has 1 aromatic rings. The van der Waals surface area contributed by atoms with Crippen molar-refractivity contribution >= 4 is 35.9 Å². The monoisotopic (exact) mass is 318 g/mol. The molecule has 110 valence electrons. The van der Waals surface area contributed by atoms with Gasteiger partial charge >= 0.3 is 5.97 Å². The molecule has 1 amide bonds. The van der Waals surface area contributed by atoms with Gasteiger partial charge in [-0.25, -0.2) is 0 Å². The van der Waals surface area contributed by atoms with Crippen LogP contribution in [0.15, 0.2) is 18.2 Å². The Kier molecular flexibility index (Phi) is 6.26. The number of aliphatic carboxylic acids is 1. The number of rotatable bonds is 4. The van der Waals surface area contributed by atoms with Gasteiger partial charge in [-0.15, -0.1) is 12.4 Å². The van der Waals surface area contributed by atoms with E-state index in [0.717, 1.165) is 29.1 Å². The summed E-state index contributed by atoms with van der Waals surface area (Å²) in [5.74, 6) is -1.31. The Balaban J connectivity index is 0.00000200. The Hall–Kier alpha value is -1.30. The first-order valence-electron chi connectivity index (χ1n) is 6.03. The smallest absolute Gasteiger partial charge is 0.322 e. The first-order chi connectivity index (χ1) is 9.06. The summed E-state index contributed by atoms with van der Waals surface area (Å²) in [4.78, 5) is 23.9. The Morgan fingerprint density at radius 3 is 2.85 bits per heavy atom. The summed E-state index contributed by atoms with van der Waals surface area (Å²) < 4.78 is 0. The highest BCUT2D eigenvalue weighted by molar-refractivity contribution is 6.31. The average molecular weight is 319 g/mol. The molecule has 7 heteroatoms. The number of hydrogen-bond acceptors (Lipinski definition) is 3. The molecule has 1 aliphatic heterocycles. The van der Waals surface area contributed by atoms with E-state index in [2.05, 4.69) is 5.32 Å². The average Bonchev–Trinajstić information content (AvgIpc) is 2.36. The summed E-state index contributed by atoms with van der Waals surface area (Å²) in [7, 11) is 0. The highest BCUT2D eigenvalue weighted by Crippen LogP contribution is 2.25. The molecular formula is C13H16Cl2N2O3. The minimum atomic E-state index is -1.04. The minimum absolute atomic E-state index is 0. The molecule has 1 heterocycles. The number of nitrogens with zero attached hydrogens (tertiary/aromatic N) is 1. The molecule has 0 radical (unpaired) electrons. The normalized spacial score (nSPS) is 14.1. The van der Waals surface area contributed by atoms with Crippen molar-refractivity contribution < 1.29 is 14.7 Å². The molecule has 0 spiro atoms. The first-order valence-corrected chi connectivity index (χ1v) is 6.41. The molecule has 2 rings (SSSR count). The van der Waals surface area contributed by atoms with Gasteiger partial charge in [-0.3, -0.25) is 14.5 Å². The SMILES string of the molecule is Cl.O=C(O)CNC(=O)CN1CCc2c(Cl)cccc2C1. The summed E-state index contributed by atoms with van der Waals surface area (Å²) in [5, 5.41) is 11.6. The maximum atomic E-state index is 11.6. The van der Waals surface area contributed by atoms with Crippen LogP contribution in [0, 0.1) is 0 Å². The van der Waals surface area contributed by atoms with Gasteiger partial charge in [0.15, 0.2) is 0 Å². The van der Waals surface area contributed by atoms with Gasteiger partial charge in [-0.2, -0.15) is 0 Å². The van der Waals surface area contributed by atoms with E-state index in [-0.39, 0.29) is 31.4 Å². The lowest BCUT2D eigenvalue weighted by atomic mass is 10.00. The zero-order valence-electron chi connectivity index (χ0n) is 10.8. The quantitative estimate of drug-likeness (QED) is 0.878. The van der Waals surface area contributed by atoms with Crippen molar-refractivity contribution in [3.05, 3.63) is 34.3 Å². The molecular weight excluding hydrogens is 303 g/mol. The summed E-state index contributed by atoms with van der Waals surface area (Å²) in [6.45, 7) is 1.28. The number of fused-ring (bicyclic) bond motifs is 1. The van der Waals surface area contributed by atoms with Crippen LogP contribution >= 0.6 is 24.0 Å². The predicted molar refractivity (Wildman–Crippen MR) is 78.3 cm³/mol. The second-order valence-electron chi connectivity index (χ2n) is 4.51. The van der Waals surface area contributed by atoms with Crippen molar-refractivity contribution in [3.8, 4) is 0 Å². The van der Waals surface area contributed by atoms with Gasteiger partial charge in [0.25, 0.3) is 0 Å². The lowest BCUT2D eigenvalue weighted by Gasteiger charge is -2.28. The third-order valence-corrected chi connectivity index (χ3v) is 3.45. The molecule has 1 aromatic carbocycles. The van der Waals surface area contributed by atoms with E-state index in [4.69, 9.17) is 16.7 Å². The lowest BCUT2D eigenvalue weighted by molar-refractivity contribution is -0.138. The number of halogens is 2. The second kappa shape index (κ2) is 7.47. The molecule has 1 aliphatic rings. The van der Waals surface area contributed by atoms with Crippen molar-refractivity contribution in [1.82, 2.24) is 10.2 Å². The fourth-order valence-electron chi connectivity index (χ4n) is 2.19. The van der Waals surface area contributed by atoms with Gasteiger partial charge in [0.2, 0.25) is 5.91 Å². The van der Waals surface area contributed by atoms with Crippen molar-refractivity contribution in [2.24, 2.45) is 0 Å². The van der Waals surface area contributed by atoms with Crippen molar-refractivity contribution in [2.45, 2.75) is 13.0 Å². The van der Waals surface area contributed by atoms with Gasteiger partial charge in [-0.05, 0) is 23.6 Å². The standard InChI is InChI=1S/C13H15ClN2O3.ClH/c14-11-3-1-2-9-7-16(5-4-10(9)11)8-12(17)15-6-13(18)19;/h1-3H,4-8H2,(H,15,17)(H,18,19);1H. The zero-order valence-corrected chi connectivity index (χ0v) is 12.3. The number of amides is 1. The van der Waals surface area contributed by atoms with Crippen LogP contribution in [-0.4, -0.2) is 41.5 Å². The van der Waals surface area contributed by atoms with E-state index in [1.54, 1.807) is 0 Å². The number of nitrogens with one attached hydrogen (secondary N) is 1. The second-order valence-corrected chi connectivity index (χ2v) is 4.92. The highest BCUT2D eigenvalue weighted by Gasteiger charge is 2.19. The van der Waals surface area contributed by atoms with Crippen molar-refractivity contribution in [2.75, 3.05) is 19.6 Å². The summed E-state index contributed by atoms with van der Waals surface area (Å²) in [5.41, 5.74) is 2.27. The number of hydrogen-bond donors (Lipinski definition) is 2. The largest absolute Gasteiger partial charge is 0.480 e. The number of carboxylic acids is 1. The van der Waals surface area contributed by atoms with E-state index >= 15 is 0 Å². The molecule has 0 unspecified atom stereocenters. The molecule has 0 fully saturated rings. The van der Waals surface area contributed by atoms with Gasteiger partial charge in [-0.1, -0.05) is 23.7 Å².